The average Bonchev–Trinajstić information content (AvgIpc) is 2.80. The summed E-state index contributed by atoms with van der Waals surface area (Å²) in [5.41, 5.74) is 7.90. The molecule has 1 aliphatic carbocycles. The fourth-order valence-electron chi connectivity index (χ4n) is 4.54. The van der Waals surface area contributed by atoms with Crippen molar-refractivity contribution in [2.45, 2.75) is 47.5 Å². The van der Waals surface area contributed by atoms with Gasteiger partial charge in [-0.3, -0.25) is 0 Å². The first kappa shape index (κ1) is 22.8. The molecule has 170 valence electrons. The van der Waals surface area contributed by atoms with Crippen LogP contribution in [0, 0.1) is 13.8 Å². The van der Waals surface area contributed by atoms with E-state index in [1.54, 1.807) is 0 Å². The number of aryl methyl sites for hydroxylation is 3. The van der Waals surface area contributed by atoms with Gasteiger partial charge in [-0.15, -0.1) is 0 Å². The Hall–Kier alpha value is -3.40. The summed E-state index contributed by atoms with van der Waals surface area (Å²) in [6.45, 7) is 11.5. The molecule has 2 aromatic rings. The first-order valence-corrected chi connectivity index (χ1v) is 11.8. The lowest BCUT2D eigenvalue weighted by molar-refractivity contribution is -0.496. The fraction of sp³-hybridized carbons (Fsp3) is 0.310. The predicted octanol–water partition coefficient (Wildman–Crippen LogP) is 4.95. The quantitative estimate of drug-likeness (QED) is 0.339. The van der Waals surface area contributed by atoms with Crippen LogP contribution < -0.4 is 10.3 Å². The first-order valence-electron chi connectivity index (χ1n) is 11.8. The minimum atomic E-state index is -0.310. The van der Waals surface area contributed by atoms with E-state index in [0.29, 0.717) is 12.2 Å². The predicted molar refractivity (Wildman–Crippen MR) is 132 cm³/mol. The Balaban J connectivity index is 2.15. The maximum Gasteiger partial charge on any atom is 0.338 e. The van der Waals surface area contributed by atoms with Crippen LogP contribution in [0.4, 0.5) is 0 Å². The minimum Gasteiger partial charge on any atom is -0.462 e. The van der Waals surface area contributed by atoms with Crippen molar-refractivity contribution < 1.29 is 18.9 Å². The Morgan fingerprint density at radius 1 is 0.970 bits per heavy atom. The van der Waals surface area contributed by atoms with Gasteiger partial charge in [0.2, 0.25) is 5.36 Å². The van der Waals surface area contributed by atoms with Crippen molar-refractivity contribution in [2.75, 3.05) is 13.2 Å². The van der Waals surface area contributed by atoms with Crippen LogP contribution in [-0.4, -0.2) is 19.1 Å². The van der Waals surface area contributed by atoms with Crippen molar-refractivity contribution in [1.82, 2.24) is 0 Å². The monoisotopic (exact) mass is 442 g/mol. The van der Waals surface area contributed by atoms with Gasteiger partial charge in [0.05, 0.1) is 18.2 Å². The van der Waals surface area contributed by atoms with Crippen molar-refractivity contribution >= 4 is 16.9 Å². The number of rotatable bonds is 6. The molecule has 0 saturated carbocycles. The highest BCUT2D eigenvalue weighted by atomic mass is 16.5. The molecule has 0 spiro atoms. The van der Waals surface area contributed by atoms with E-state index in [1.807, 2.05) is 31.2 Å². The van der Waals surface area contributed by atoms with Crippen LogP contribution in [-0.2, 0) is 11.2 Å². The Kier molecular flexibility index (Phi) is 6.64. The van der Waals surface area contributed by atoms with E-state index < -0.39 is 0 Å². The van der Waals surface area contributed by atoms with Gasteiger partial charge in [0.1, 0.15) is 17.9 Å². The summed E-state index contributed by atoms with van der Waals surface area (Å²) >= 11 is 0. The average molecular weight is 443 g/mol. The van der Waals surface area contributed by atoms with Gasteiger partial charge in [-0.2, -0.15) is 0 Å². The third kappa shape index (κ3) is 4.30. The van der Waals surface area contributed by atoms with Gasteiger partial charge < -0.3 is 9.15 Å². The molecule has 0 atom stereocenters. The lowest BCUT2D eigenvalue weighted by Gasteiger charge is -2.19. The number of esters is 1. The topological polar surface area (TPSA) is 53.4 Å². The molecule has 1 N–H and O–H groups in total. The second kappa shape index (κ2) is 9.62. The molecule has 0 unspecified atom stereocenters. The molecule has 4 heteroatoms. The zero-order valence-electron chi connectivity index (χ0n) is 20.2. The Morgan fingerprint density at radius 3 is 2.48 bits per heavy atom. The van der Waals surface area contributed by atoms with Crippen LogP contribution in [0.15, 0.2) is 52.9 Å². The molecule has 0 amide bonds. The molecule has 4 nitrogen and oxygen atoms in total. The van der Waals surface area contributed by atoms with Crippen molar-refractivity contribution in [3.05, 3.63) is 76.1 Å². The van der Waals surface area contributed by atoms with Crippen molar-refractivity contribution in [3.8, 4) is 22.5 Å². The van der Waals surface area contributed by atoms with Gasteiger partial charge in [-0.1, -0.05) is 31.5 Å². The minimum absolute atomic E-state index is 0.310. The molecule has 0 radical (unpaired) electrons. The summed E-state index contributed by atoms with van der Waals surface area (Å²) in [5.74, 6) is 0.486. The van der Waals surface area contributed by atoms with E-state index in [1.165, 1.54) is 11.1 Å². The molecule has 4 rings (SSSR count). The molecular formula is C29H32NO3+. The molecule has 2 aliphatic rings. The summed E-state index contributed by atoms with van der Waals surface area (Å²) < 4.78 is 11.9. The lowest BCUT2D eigenvalue weighted by Crippen LogP contribution is -2.76. The van der Waals surface area contributed by atoms with E-state index in [-0.39, 0.29) is 5.97 Å². The van der Waals surface area contributed by atoms with Crippen LogP contribution in [0.1, 0.15) is 54.2 Å². The van der Waals surface area contributed by atoms with Gasteiger partial charge >= 0.3 is 5.97 Å². The van der Waals surface area contributed by atoms with Crippen LogP contribution >= 0.6 is 0 Å². The number of hydrogen-bond donors (Lipinski definition) is 1. The molecule has 33 heavy (non-hydrogen) atoms. The lowest BCUT2D eigenvalue weighted by atomic mass is 9.88. The normalized spacial score (nSPS) is 12.0. The van der Waals surface area contributed by atoms with Crippen LogP contribution in [0.5, 0.6) is 0 Å². The highest BCUT2D eigenvalue weighted by Gasteiger charge is 2.23. The van der Waals surface area contributed by atoms with Gasteiger partial charge in [0.25, 0.3) is 0 Å². The Morgan fingerprint density at radius 2 is 1.76 bits per heavy atom. The molecule has 0 bridgehead atoms. The maximum absolute atomic E-state index is 12.9. The molecule has 1 aliphatic heterocycles. The summed E-state index contributed by atoms with van der Waals surface area (Å²) in [6.07, 6.45) is 2.07. The van der Waals surface area contributed by atoms with Crippen LogP contribution in [0.2, 0.25) is 0 Å². The zero-order valence-corrected chi connectivity index (χ0v) is 20.2. The maximum atomic E-state index is 12.9. The number of benzene rings is 3. The van der Waals surface area contributed by atoms with E-state index in [0.717, 1.165) is 63.7 Å². The SMILES string of the molecule is CCCc1cc2oc3cc(=[NH+]CC)c(C)cc-3c(-c3ccccc3C(=O)OCC)c2cc1C. The standard InChI is InChI=1S/C29H31NO3/c1-6-11-20-16-26-23(14-18(20)4)28(21-12-9-10-13-22(21)29(31)32-8-3)24-15-19(5)25(30-7-2)17-27(24)33-26/h9-10,12-17H,6-8,11H2,1-5H3/p+1. The van der Waals surface area contributed by atoms with Gasteiger partial charge in [0.15, 0.2) is 0 Å². The van der Waals surface area contributed by atoms with Crippen LogP contribution in [0.3, 0.4) is 0 Å². The largest absolute Gasteiger partial charge is 0.462 e. The van der Waals surface area contributed by atoms with E-state index in [9.17, 15) is 4.79 Å². The van der Waals surface area contributed by atoms with Gasteiger partial charge in [-0.05, 0) is 75.1 Å². The number of carbonyl (C=O) groups is 1. The highest BCUT2D eigenvalue weighted by molar-refractivity contribution is 6.08. The third-order valence-corrected chi connectivity index (χ3v) is 6.10. The van der Waals surface area contributed by atoms with Crippen molar-refractivity contribution in [3.63, 3.8) is 0 Å². The highest BCUT2D eigenvalue weighted by Crippen LogP contribution is 2.42. The number of nitrogens with one attached hydrogen (secondary N) is 1. The Labute approximate surface area is 195 Å². The number of carbonyl (C=O) groups excluding carboxylic acids is 1. The summed E-state index contributed by atoms with van der Waals surface area (Å²) in [6, 6.07) is 16.3. The molecule has 1 heterocycles. The second-order valence-electron chi connectivity index (χ2n) is 8.46. The second-order valence-corrected chi connectivity index (χ2v) is 8.46. The summed E-state index contributed by atoms with van der Waals surface area (Å²) in [5, 5.41) is 2.06. The summed E-state index contributed by atoms with van der Waals surface area (Å²) in [4.78, 5) is 16.3. The molecular weight excluding hydrogens is 410 g/mol. The third-order valence-electron chi connectivity index (χ3n) is 6.10. The van der Waals surface area contributed by atoms with Crippen molar-refractivity contribution in [1.29, 1.82) is 0 Å². The summed E-state index contributed by atoms with van der Waals surface area (Å²) in [7, 11) is 0. The number of hydrogen-bond acceptors (Lipinski definition) is 3. The smallest absolute Gasteiger partial charge is 0.338 e. The molecule has 0 aromatic heterocycles. The van der Waals surface area contributed by atoms with Crippen molar-refractivity contribution in [2.24, 2.45) is 0 Å². The van der Waals surface area contributed by atoms with E-state index >= 15 is 0 Å². The first-order chi connectivity index (χ1) is 16.0. The van der Waals surface area contributed by atoms with E-state index in [2.05, 4.69) is 57.0 Å². The zero-order chi connectivity index (χ0) is 23.5. The number of ether oxygens (including phenoxy) is 1. The molecule has 0 saturated heterocycles. The molecule has 0 fully saturated rings. The molecule has 2 aromatic carbocycles. The Bertz CT molecular complexity index is 1360. The van der Waals surface area contributed by atoms with Gasteiger partial charge in [-0.25, -0.2) is 9.79 Å². The van der Waals surface area contributed by atoms with Gasteiger partial charge in [0, 0.05) is 22.1 Å². The number of fused-ring (bicyclic) bond motifs is 2. The van der Waals surface area contributed by atoms with Crippen LogP contribution in [0.25, 0.3) is 33.4 Å². The van der Waals surface area contributed by atoms with E-state index in [4.69, 9.17) is 9.15 Å². The fourth-order valence-corrected chi connectivity index (χ4v) is 4.54.